The molecule has 2 aliphatic rings. The summed E-state index contributed by atoms with van der Waals surface area (Å²) in [5.41, 5.74) is 1.80. The average Bonchev–Trinajstić information content (AvgIpc) is 2.61. The minimum Gasteiger partial charge on any atom is -0.274 e. The van der Waals surface area contributed by atoms with E-state index in [4.69, 9.17) is 0 Å². The van der Waals surface area contributed by atoms with Crippen LogP contribution in [0.25, 0.3) is 0 Å². The second kappa shape index (κ2) is 4.48. The molecule has 1 aromatic rings. The van der Waals surface area contributed by atoms with Gasteiger partial charge < -0.3 is 0 Å². The normalized spacial score (nSPS) is 30.6. The Balaban J connectivity index is 1.95. The molecule has 1 saturated carbocycles. The van der Waals surface area contributed by atoms with Gasteiger partial charge in [0.15, 0.2) is 0 Å². The topological polar surface area (TPSA) is 37.4 Å². The van der Waals surface area contributed by atoms with E-state index >= 15 is 0 Å². The lowest BCUT2D eigenvalue weighted by atomic mass is 9.76. The molecule has 2 amide bonds. The lowest BCUT2D eigenvalue weighted by Gasteiger charge is -2.25. The molecule has 3 heteroatoms. The summed E-state index contributed by atoms with van der Waals surface area (Å²) in [5.74, 6) is 0.399. The van der Waals surface area contributed by atoms with Gasteiger partial charge in [-0.15, -0.1) is 0 Å². The van der Waals surface area contributed by atoms with Crippen molar-refractivity contribution in [3.05, 3.63) is 29.8 Å². The number of imide groups is 1. The van der Waals surface area contributed by atoms with Crippen LogP contribution in [-0.4, -0.2) is 11.8 Å². The number of carbonyl (C=O) groups excluding carboxylic acids is 2. The van der Waals surface area contributed by atoms with Crippen molar-refractivity contribution in [2.24, 2.45) is 17.8 Å². The Morgan fingerprint density at radius 2 is 1.84 bits per heavy atom. The molecule has 0 radical (unpaired) electrons. The number of nitrogens with zero attached hydrogens (tertiary/aromatic N) is 1. The SMILES string of the molecule is Cc1cccc(N2C(=O)C3CCC(C)CC3C2=O)c1. The first-order valence-corrected chi connectivity index (χ1v) is 7.02. The van der Waals surface area contributed by atoms with Gasteiger partial charge in [-0.05, 0) is 49.8 Å². The molecule has 1 heterocycles. The maximum Gasteiger partial charge on any atom is 0.237 e. The Labute approximate surface area is 113 Å². The van der Waals surface area contributed by atoms with Crippen LogP contribution in [0.4, 0.5) is 5.69 Å². The van der Waals surface area contributed by atoms with E-state index in [1.54, 1.807) is 0 Å². The number of amides is 2. The van der Waals surface area contributed by atoms with Crippen molar-refractivity contribution in [3.63, 3.8) is 0 Å². The summed E-state index contributed by atoms with van der Waals surface area (Å²) in [6.07, 6.45) is 2.78. The number of anilines is 1. The molecule has 3 unspecified atom stereocenters. The molecule has 3 atom stereocenters. The van der Waals surface area contributed by atoms with E-state index in [1.807, 2.05) is 31.2 Å². The van der Waals surface area contributed by atoms with Gasteiger partial charge in [-0.25, -0.2) is 0 Å². The van der Waals surface area contributed by atoms with Gasteiger partial charge in [-0.1, -0.05) is 19.1 Å². The zero-order valence-corrected chi connectivity index (χ0v) is 11.4. The summed E-state index contributed by atoms with van der Waals surface area (Å²) in [5, 5.41) is 0. The second-order valence-electron chi connectivity index (χ2n) is 5.98. The third-order valence-electron chi connectivity index (χ3n) is 4.45. The molecule has 0 N–H and O–H groups in total. The summed E-state index contributed by atoms with van der Waals surface area (Å²) < 4.78 is 0. The van der Waals surface area contributed by atoms with Crippen LogP contribution < -0.4 is 4.90 Å². The van der Waals surface area contributed by atoms with Gasteiger partial charge in [0.25, 0.3) is 0 Å². The van der Waals surface area contributed by atoms with Gasteiger partial charge >= 0.3 is 0 Å². The lowest BCUT2D eigenvalue weighted by Crippen LogP contribution is -2.30. The van der Waals surface area contributed by atoms with Crippen LogP contribution in [0.15, 0.2) is 24.3 Å². The summed E-state index contributed by atoms with van der Waals surface area (Å²) in [6, 6.07) is 7.64. The van der Waals surface area contributed by atoms with Gasteiger partial charge in [0.2, 0.25) is 11.8 Å². The monoisotopic (exact) mass is 257 g/mol. The highest BCUT2D eigenvalue weighted by Crippen LogP contribution is 2.42. The number of fused-ring (bicyclic) bond motifs is 1. The minimum atomic E-state index is -0.0863. The molecule has 0 aromatic heterocycles. The summed E-state index contributed by atoms with van der Waals surface area (Å²) in [6.45, 7) is 4.15. The molecule has 1 aromatic carbocycles. The van der Waals surface area contributed by atoms with E-state index in [0.717, 1.165) is 30.5 Å². The summed E-state index contributed by atoms with van der Waals surface area (Å²) in [7, 11) is 0. The fourth-order valence-corrected chi connectivity index (χ4v) is 3.41. The van der Waals surface area contributed by atoms with Crippen LogP contribution in [0, 0.1) is 24.7 Å². The van der Waals surface area contributed by atoms with Crippen LogP contribution in [0.3, 0.4) is 0 Å². The molecule has 1 aliphatic heterocycles. The lowest BCUT2D eigenvalue weighted by molar-refractivity contribution is -0.122. The molecule has 100 valence electrons. The van der Waals surface area contributed by atoms with Crippen LogP contribution in [0.2, 0.25) is 0 Å². The van der Waals surface area contributed by atoms with Crippen molar-refractivity contribution in [2.45, 2.75) is 33.1 Å². The zero-order valence-electron chi connectivity index (χ0n) is 11.4. The van der Waals surface area contributed by atoms with E-state index in [-0.39, 0.29) is 23.7 Å². The number of hydrogen-bond acceptors (Lipinski definition) is 2. The van der Waals surface area contributed by atoms with E-state index in [1.165, 1.54) is 4.90 Å². The summed E-state index contributed by atoms with van der Waals surface area (Å²) in [4.78, 5) is 26.4. The first-order valence-electron chi connectivity index (χ1n) is 7.02. The van der Waals surface area contributed by atoms with Crippen LogP contribution >= 0.6 is 0 Å². The zero-order chi connectivity index (χ0) is 13.6. The standard InChI is InChI=1S/C16H19NO2/c1-10-4-3-5-12(8-10)17-15(18)13-7-6-11(2)9-14(13)16(17)19/h3-5,8,11,13-14H,6-7,9H2,1-2H3. The van der Waals surface area contributed by atoms with Crippen molar-refractivity contribution in [1.82, 2.24) is 0 Å². The molecule has 2 fully saturated rings. The summed E-state index contributed by atoms with van der Waals surface area (Å²) >= 11 is 0. The fourth-order valence-electron chi connectivity index (χ4n) is 3.41. The molecule has 3 rings (SSSR count). The third-order valence-corrected chi connectivity index (χ3v) is 4.45. The largest absolute Gasteiger partial charge is 0.274 e. The van der Waals surface area contributed by atoms with E-state index in [2.05, 4.69) is 6.92 Å². The smallest absolute Gasteiger partial charge is 0.237 e. The Bertz CT molecular complexity index is 537. The number of rotatable bonds is 1. The molecule has 19 heavy (non-hydrogen) atoms. The molecular formula is C16H19NO2. The highest BCUT2D eigenvalue weighted by Gasteiger charge is 2.49. The number of benzene rings is 1. The molecule has 1 saturated heterocycles. The molecule has 0 bridgehead atoms. The Kier molecular flexibility index (Phi) is 2.92. The highest BCUT2D eigenvalue weighted by atomic mass is 16.2. The number of aryl methyl sites for hydroxylation is 1. The van der Waals surface area contributed by atoms with Gasteiger partial charge in [0.1, 0.15) is 0 Å². The minimum absolute atomic E-state index is 0.00662. The van der Waals surface area contributed by atoms with E-state index in [0.29, 0.717) is 5.92 Å². The van der Waals surface area contributed by atoms with Crippen molar-refractivity contribution < 1.29 is 9.59 Å². The van der Waals surface area contributed by atoms with Crippen molar-refractivity contribution >= 4 is 17.5 Å². The second-order valence-corrected chi connectivity index (χ2v) is 5.98. The van der Waals surface area contributed by atoms with Gasteiger partial charge in [0.05, 0.1) is 17.5 Å². The molecule has 3 nitrogen and oxygen atoms in total. The van der Waals surface area contributed by atoms with Crippen molar-refractivity contribution in [2.75, 3.05) is 4.90 Å². The predicted molar refractivity (Wildman–Crippen MR) is 73.7 cm³/mol. The first-order chi connectivity index (χ1) is 9.08. The average molecular weight is 257 g/mol. The van der Waals surface area contributed by atoms with Gasteiger partial charge in [0, 0.05) is 0 Å². The van der Waals surface area contributed by atoms with Crippen molar-refractivity contribution in [1.29, 1.82) is 0 Å². The number of hydrogen-bond donors (Lipinski definition) is 0. The van der Waals surface area contributed by atoms with E-state index in [9.17, 15) is 9.59 Å². The third kappa shape index (κ3) is 1.97. The van der Waals surface area contributed by atoms with Gasteiger partial charge in [-0.2, -0.15) is 0 Å². The van der Waals surface area contributed by atoms with E-state index < -0.39 is 0 Å². The first kappa shape index (κ1) is 12.4. The maximum absolute atomic E-state index is 12.5. The maximum atomic E-state index is 12.5. The van der Waals surface area contributed by atoms with Crippen LogP contribution in [0.1, 0.15) is 31.7 Å². The van der Waals surface area contributed by atoms with Gasteiger partial charge in [-0.3, -0.25) is 14.5 Å². The Morgan fingerprint density at radius 3 is 2.58 bits per heavy atom. The molecule has 0 spiro atoms. The number of carbonyl (C=O) groups is 2. The highest BCUT2D eigenvalue weighted by molar-refractivity contribution is 6.22. The predicted octanol–water partition coefficient (Wildman–Crippen LogP) is 2.92. The quantitative estimate of drug-likeness (QED) is 0.725. The Morgan fingerprint density at radius 1 is 1.11 bits per heavy atom. The van der Waals surface area contributed by atoms with Crippen LogP contribution in [0.5, 0.6) is 0 Å². The fraction of sp³-hybridized carbons (Fsp3) is 0.500. The van der Waals surface area contributed by atoms with Crippen molar-refractivity contribution in [3.8, 4) is 0 Å². The Hall–Kier alpha value is -1.64. The molecule has 1 aliphatic carbocycles. The van der Waals surface area contributed by atoms with Crippen LogP contribution in [-0.2, 0) is 9.59 Å². The molecular weight excluding hydrogens is 238 g/mol.